The summed E-state index contributed by atoms with van der Waals surface area (Å²) >= 11 is 0. The van der Waals surface area contributed by atoms with Crippen molar-refractivity contribution in [1.82, 2.24) is 4.57 Å². The largest absolute Gasteiger partial charge is 0.480 e. The van der Waals surface area contributed by atoms with Gasteiger partial charge in [0.2, 0.25) is 0 Å². The number of pyridine rings is 1. The number of carbonyl (C=O) groups is 1. The summed E-state index contributed by atoms with van der Waals surface area (Å²) in [5, 5.41) is 9.24. The molecule has 1 aromatic heterocycles. The molecule has 100 valence electrons. The van der Waals surface area contributed by atoms with Crippen LogP contribution >= 0.6 is 0 Å². The van der Waals surface area contributed by atoms with Crippen LogP contribution in [0.1, 0.15) is 31.9 Å². The highest BCUT2D eigenvalue weighted by Gasteiger charge is 2.22. The first-order valence-electron chi connectivity index (χ1n) is 6.10. The maximum absolute atomic E-state index is 12.1. The first-order valence-corrected chi connectivity index (χ1v) is 6.10. The number of aliphatic carboxylic acids is 1. The molecule has 0 saturated carbocycles. The molecule has 5 nitrogen and oxygen atoms in total. The van der Waals surface area contributed by atoms with Crippen molar-refractivity contribution in [3.63, 3.8) is 0 Å². The van der Waals surface area contributed by atoms with Crippen molar-refractivity contribution < 1.29 is 9.90 Å². The number of aromatic nitrogens is 1. The molecule has 0 saturated heterocycles. The Hall–Kier alpha value is -1.62. The van der Waals surface area contributed by atoms with Gasteiger partial charge in [-0.15, -0.1) is 0 Å². The molecule has 0 aliphatic carbocycles. The van der Waals surface area contributed by atoms with Gasteiger partial charge < -0.3 is 15.4 Å². The van der Waals surface area contributed by atoms with Crippen LogP contribution in [-0.4, -0.2) is 22.2 Å². The number of nitrogens with two attached hydrogens (primary N) is 1. The van der Waals surface area contributed by atoms with Gasteiger partial charge in [-0.2, -0.15) is 0 Å². The molecule has 18 heavy (non-hydrogen) atoms. The molecule has 0 aromatic carbocycles. The normalized spacial score (nSPS) is 12.7. The Labute approximate surface area is 106 Å². The number of carboxylic acids is 1. The van der Waals surface area contributed by atoms with Gasteiger partial charge in [-0.1, -0.05) is 19.9 Å². The topological polar surface area (TPSA) is 85.3 Å². The van der Waals surface area contributed by atoms with E-state index >= 15 is 0 Å². The third kappa shape index (κ3) is 3.43. The standard InChI is InChI=1S/C13H20N2O3/c1-9(2)8-11(13(17)18)15-7-3-4-10(5-6-14)12(15)16/h3-4,7,9,11H,5-6,8,14H2,1-2H3,(H,17,18). The zero-order valence-electron chi connectivity index (χ0n) is 10.8. The molecule has 0 radical (unpaired) electrons. The van der Waals surface area contributed by atoms with E-state index in [9.17, 15) is 14.7 Å². The van der Waals surface area contributed by atoms with Crippen LogP contribution in [0.2, 0.25) is 0 Å². The van der Waals surface area contributed by atoms with E-state index in [1.165, 1.54) is 10.8 Å². The molecule has 3 N–H and O–H groups in total. The summed E-state index contributed by atoms with van der Waals surface area (Å²) < 4.78 is 1.30. The smallest absolute Gasteiger partial charge is 0.326 e. The van der Waals surface area contributed by atoms with Gasteiger partial charge in [0.1, 0.15) is 6.04 Å². The summed E-state index contributed by atoms with van der Waals surface area (Å²) in [6.07, 6.45) is 2.43. The third-order valence-corrected chi connectivity index (χ3v) is 2.78. The van der Waals surface area contributed by atoms with Gasteiger partial charge in [-0.25, -0.2) is 4.79 Å². The average molecular weight is 252 g/mol. The van der Waals surface area contributed by atoms with Gasteiger partial charge in [0.25, 0.3) is 5.56 Å². The molecule has 1 heterocycles. The zero-order valence-corrected chi connectivity index (χ0v) is 10.8. The van der Waals surface area contributed by atoms with Crippen LogP contribution in [0.3, 0.4) is 0 Å². The molecule has 1 unspecified atom stereocenters. The minimum Gasteiger partial charge on any atom is -0.480 e. The quantitative estimate of drug-likeness (QED) is 0.791. The number of carboxylic acid groups (broad SMARTS) is 1. The number of hydrogen-bond donors (Lipinski definition) is 2. The number of hydrogen-bond acceptors (Lipinski definition) is 3. The van der Waals surface area contributed by atoms with Crippen LogP contribution in [0.15, 0.2) is 23.1 Å². The van der Waals surface area contributed by atoms with Crippen LogP contribution in [0.5, 0.6) is 0 Å². The lowest BCUT2D eigenvalue weighted by atomic mass is 10.0. The highest BCUT2D eigenvalue weighted by atomic mass is 16.4. The fourth-order valence-corrected chi connectivity index (χ4v) is 1.93. The number of rotatable bonds is 6. The molecule has 1 aromatic rings. The first kappa shape index (κ1) is 14.4. The lowest BCUT2D eigenvalue weighted by Crippen LogP contribution is -2.32. The Kier molecular flexibility index (Phi) is 5.09. The van der Waals surface area contributed by atoms with Crippen molar-refractivity contribution >= 4 is 5.97 Å². The lowest BCUT2D eigenvalue weighted by molar-refractivity contribution is -0.141. The van der Waals surface area contributed by atoms with Crippen LogP contribution < -0.4 is 11.3 Å². The molecule has 5 heteroatoms. The Morgan fingerprint density at radius 3 is 2.67 bits per heavy atom. The Morgan fingerprint density at radius 2 is 2.17 bits per heavy atom. The maximum atomic E-state index is 12.1. The second-order valence-electron chi connectivity index (χ2n) is 4.77. The van der Waals surface area contributed by atoms with E-state index in [4.69, 9.17) is 5.73 Å². The predicted molar refractivity (Wildman–Crippen MR) is 69.6 cm³/mol. The van der Waals surface area contributed by atoms with Crippen LogP contribution in [0.4, 0.5) is 0 Å². The molecule has 0 aliphatic rings. The van der Waals surface area contributed by atoms with E-state index in [0.29, 0.717) is 24.9 Å². The second-order valence-corrected chi connectivity index (χ2v) is 4.77. The molecular formula is C13H20N2O3. The van der Waals surface area contributed by atoms with E-state index < -0.39 is 12.0 Å². The van der Waals surface area contributed by atoms with E-state index in [1.54, 1.807) is 12.1 Å². The van der Waals surface area contributed by atoms with Crippen molar-refractivity contribution in [3.05, 3.63) is 34.2 Å². The third-order valence-electron chi connectivity index (χ3n) is 2.78. The van der Waals surface area contributed by atoms with Crippen molar-refractivity contribution in [2.75, 3.05) is 6.54 Å². The summed E-state index contributed by atoms with van der Waals surface area (Å²) in [6, 6.07) is 2.58. The molecule has 1 rings (SSSR count). The van der Waals surface area contributed by atoms with E-state index in [1.807, 2.05) is 13.8 Å². The first-order chi connectivity index (χ1) is 8.47. The summed E-state index contributed by atoms with van der Waals surface area (Å²) in [4.78, 5) is 23.4. The molecule has 0 bridgehead atoms. The number of nitrogens with zero attached hydrogens (tertiary/aromatic N) is 1. The van der Waals surface area contributed by atoms with E-state index in [-0.39, 0.29) is 11.5 Å². The van der Waals surface area contributed by atoms with Gasteiger partial charge in [0.05, 0.1) is 0 Å². The Morgan fingerprint density at radius 1 is 1.50 bits per heavy atom. The second kappa shape index (κ2) is 6.35. The van der Waals surface area contributed by atoms with Crippen LogP contribution in [0, 0.1) is 5.92 Å². The summed E-state index contributed by atoms with van der Waals surface area (Å²) in [5.41, 5.74) is 5.74. The molecule has 0 aliphatic heterocycles. The van der Waals surface area contributed by atoms with E-state index in [2.05, 4.69) is 0 Å². The fourth-order valence-electron chi connectivity index (χ4n) is 1.93. The van der Waals surface area contributed by atoms with Gasteiger partial charge in [0, 0.05) is 11.8 Å². The minimum atomic E-state index is -0.976. The zero-order chi connectivity index (χ0) is 13.7. The van der Waals surface area contributed by atoms with Crippen molar-refractivity contribution in [1.29, 1.82) is 0 Å². The van der Waals surface area contributed by atoms with Gasteiger partial charge in [-0.3, -0.25) is 4.79 Å². The fraction of sp³-hybridized carbons (Fsp3) is 0.538. The highest BCUT2D eigenvalue weighted by Crippen LogP contribution is 2.16. The van der Waals surface area contributed by atoms with E-state index in [0.717, 1.165) is 0 Å². The van der Waals surface area contributed by atoms with Crippen molar-refractivity contribution in [2.45, 2.75) is 32.7 Å². The van der Waals surface area contributed by atoms with Gasteiger partial charge in [-0.05, 0) is 31.4 Å². The Bertz CT molecular complexity index is 466. The van der Waals surface area contributed by atoms with Gasteiger partial charge >= 0.3 is 5.97 Å². The molecule has 0 fully saturated rings. The maximum Gasteiger partial charge on any atom is 0.326 e. The molecule has 0 spiro atoms. The van der Waals surface area contributed by atoms with Crippen LogP contribution in [-0.2, 0) is 11.2 Å². The monoisotopic (exact) mass is 252 g/mol. The van der Waals surface area contributed by atoms with Gasteiger partial charge in [0.15, 0.2) is 0 Å². The molecular weight excluding hydrogens is 232 g/mol. The minimum absolute atomic E-state index is 0.205. The molecule has 1 atom stereocenters. The van der Waals surface area contributed by atoms with Crippen LogP contribution in [0.25, 0.3) is 0 Å². The summed E-state index contributed by atoms with van der Waals surface area (Å²) in [5.74, 6) is -0.771. The summed E-state index contributed by atoms with van der Waals surface area (Å²) in [6.45, 7) is 4.25. The SMILES string of the molecule is CC(C)CC(C(=O)O)n1cccc(CCN)c1=O. The van der Waals surface area contributed by atoms with Crippen molar-refractivity contribution in [2.24, 2.45) is 11.7 Å². The summed E-state index contributed by atoms with van der Waals surface area (Å²) in [7, 11) is 0. The highest BCUT2D eigenvalue weighted by molar-refractivity contribution is 5.71. The lowest BCUT2D eigenvalue weighted by Gasteiger charge is -2.18. The molecule has 0 amide bonds. The van der Waals surface area contributed by atoms with Crippen molar-refractivity contribution in [3.8, 4) is 0 Å². The Balaban J connectivity index is 3.16. The predicted octanol–water partition coefficient (Wildman–Crippen LogP) is 1.02. The average Bonchev–Trinajstić information content (AvgIpc) is 2.29.